The molecule has 16 heavy (non-hydrogen) atoms. The third-order valence-electron chi connectivity index (χ3n) is 3.93. The van der Waals surface area contributed by atoms with Crippen LogP contribution in [0.15, 0.2) is 30.5 Å². The van der Waals surface area contributed by atoms with E-state index >= 15 is 0 Å². The summed E-state index contributed by atoms with van der Waals surface area (Å²) in [6.07, 6.45) is 5.93. The number of hydrogen-bond acceptors (Lipinski definition) is 1. The third-order valence-corrected chi connectivity index (χ3v) is 3.93. The van der Waals surface area contributed by atoms with Gasteiger partial charge in [0, 0.05) is 29.7 Å². The first-order valence-corrected chi connectivity index (χ1v) is 5.96. The molecule has 1 saturated carbocycles. The lowest BCUT2D eigenvalue weighted by atomic mass is 10.0. The lowest BCUT2D eigenvalue weighted by Crippen LogP contribution is -2.29. The fraction of sp³-hybridized carbons (Fsp3) is 0.429. The van der Waals surface area contributed by atoms with E-state index in [9.17, 15) is 0 Å². The zero-order valence-corrected chi connectivity index (χ0v) is 9.96. The van der Waals surface area contributed by atoms with Crippen molar-refractivity contribution in [1.29, 1.82) is 0 Å². The monoisotopic (exact) mass is 214 g/mol. The minimum absolute atomic E-state index is 0.393. The van der Waals surface area contributed by atoms with Crippen LogP contribution in [0.2, 0.25) is 0 Å². The molecule has 0 amide bonds. The van der Waals surface area contributed by atoms with E-state index in [1.165, 1.54) is 29.3 Å². The summed E-state index contributed by atoms with van der Waals surface area (Å²) in [5.41, 5.74) is 3.21. The van der Waals surface area contributed by atoms with Crippen LogP contribution in [-0.2, 0) is 13.5 Å². The Morgan fingerprint density at radius 1 is 1.31 bits per heavy atom. The molecule has 1 heterocycles. The molecule has 0 bridgehead atoms. The second-order valence-corrected chi connectivity index (χ2v) is 4.98. The van der Waals surface area contributed by atoms with E-state index in [0.717, 1.165) is 6.42 Å². The van der Waals surface area contributed by atoms with Gasteiger partial charge < -0.3 is 9.88 Å². The van der Waals surface area contributed by atoms with Gasteiger partial charge in [-0.05, 0) is 44.0 Å². The standard InChI is InChI=1S/C14H18N2/c1-15-14(7-8-14)10-11-4-3-5-13-12(11)6-9-16(13)2/h3-6,9,15H,7-8,10H2,1-2H3. The summed E-state index contributed by atoms with van der Waals surface area (Å²) >= 11 is 0. The Morgan fingerprint density at radius 2 is 2.12 bits per heavy atom. The minimum atomic E-state index is 0.393. The van der Waals surface area contributed by atoms with Crippen molar-refractivity contribution >= 4 is 10.9 Å². The number of likely N-dealkylation sites (N-methyl/N-ethyl adjacent to an activating group) is 1. The Kier molecular flexibility index (Phi) is 2.08. The van der Waals surface area contributed by atoms with Crippen molar-refractivity contribution in [2.24, 2.45) is 7.05 Å². The molecule has 2 heteroatoms. The number of benzene rings is 1. The van der Waals surface area contributed by atoms with E-state index in [-0.39, 0.29) is 0 Å². The average Bonchev–Trinajstić information content (AvgIpc) is 2.98. The van der Waals surface area contributed by atoms with Gasteiger partial charge >= 0.3 is 0 Å². The Bertz CT molecular complexity index is 521. The molecule has 2 aromatic rings. The van der Waals surface area contributed by atoms with Crippen LogP contribution in [-0.4, -0.2) is 17.2 Å². The molecule has 0 saturated heterocycles. The molecule has 1 aliphatic carbocycles. The molecule has 0 unspecified atom stereocenters. The smallest absolute Gasteiger partial charge is 0.0480 e. The summed E-state index contributed by atoms with van der Waals surface area (Å²) in [4.78, 5) is 0. The predicted molar refractivity (Wildman–Crippen MR) is 67.6 cm³/mol. The van der Waals surface area contributed by atoms with Crippen molar-refractivity contribution < 1.29 is 0 Å². The van der Waals surface area contributed by atoms with Gasteiger partial charge in [-0.3, -0.25) is 0 Å². The second kappa shape index (κ2) is 3.36. The van der Waals surface area contributed by atoms with E-state index in [1.807, 2.05) is 0 Å². The summed E-state index contributed by atoms with van der Waals surface area (Å²) in [7, 11) is 4.19. The summed E-state index contributed by atoms with van der Waals surface area (Å²) < 4.78 is 2.19. The first kappa shape index (κ1) is 9.91. The Labute approximate surface area is 96.3 Å². The van der Waals surface area contributed by atoms with Crippen molar-refractivity contribution in [2.75, 3.05) is 7.05 Å². The molecule has 0 atom stereocenters. The molecule has 0 aliphatic heterocycles. The lowest BCUT2D eigenvalue weighted by Gasteiger charge is -2.14. The van der Waals surface area contributed by atoms with Gasteiger partial charge in [0.1, 0.15) is 0 Å². The van der Waals surface area contributed by atoms with Gasteiger partial charge in [-0.25, -0.2) is 0 Å². The maximum Gasteiger partial charge on any atom is 0.0480 e. The summed E-state index contributed by atoms with van der Waals surface area (Å²) in [6.45, 7) is 0. The Morgan fingerprint density at radius 3 is 2.81 bits per heavy atom. The van der Waals surface area contributed by atoms with Gasteiger partial charge in [0.2, 0.25) is 0 Å². The van der Waals surface area contributed by atoms with E-state index in [1.54, 1.807) is 0 Å². The molecule has 84 valence electrons. The van der Waals surface area contributed by atoms with Gasteiger partial charge in [-0.15, -0.1) is 0 Å². The van der Waals surface area contributed by atoms with Crippen LogP contribution in [0.25, 0.3) is 10.9 Å². The largest absolute Gasteiger partial charge is 0.351 e. The zero-order valence-electron chi connectivity index (χ0n) is 9.96. The number of rotatable bonds is 3. The molecule has 1 aliphatic rings. The highest BCUT2D eigenvalue weighted by Crippen LogP contribution is 2.39. The summed E-state index contributed by atoms with van der Waals surface area (Å²) in [5, 5.41) is 4.87. The zero-order chi connectivity index (χ0) is 11.2. The quantitative estimate of drug-likeness (QED) is 0.830. The van der Waals surface area contributed by atoms with E-state index < -0.39 is 0 Å². The fourth-order valence-electron chi connectivity index (χ4n) is 2.55. The van der Waals surface area contributed by atoms with Gasteiger partial charge in [-0.2, -0.15) is 0 Å². The minimum Gasteiger partial charge on any atom is -0.351 e. The van der Waals surface area contributed by atoms with Crippen LogP contribution in [0.3, 0.4) is 0 Å². The number of aryl methyl sites for hydroxylation is 1. The highest BCUT2D eigenvalue weighted by Gasteiger charge is 2.40. The number of nitrogens with zero attached hydrogens (tertiary/aromatic N) is 1. The number of nitrogens with one attached hydrogen (secondary N) is 1. The van der Waals surface area contributed by atoms with Gasteiger partial charge in [0.05, 0.1) is 0 Å². The highest BCUT2D eigenvalue weighted by molar-refractivity contribution is 5.83. The van der Waals surface area contributed by atoms with Crippen LogP contribution in [0.4, 0.5) is 0 Å². The van der Waals surface area contributed by atoms with Crippen LogP contribution >= 0.6 is 0 Å². The molecule has 0 radical (unpaired) electrons. The first-order valence-electron chi connectivity index (χ1n) is 5.96. The van der Waals surface area contributed by atoms with Crippen molar-refractivity contribution in [3.8, 4) is 0 Å². The molecular weight excluding hydrogens is 196 g/mol. The van der Waals surface area contributed by atoms with E-state index in [2.05, 4.69) is 54.4 Å². The van der Waals surface area contributed by atoms with Crippen LogP contribution in [0, 0.1) is 0 Å². The first-order chi connectivity index (χ1) is 7.74. The normalized spacial score (nSPS) is 17.9. The molecule has 1 aromatic carbocycles. The van der Waals surface area contributed by atoms with Crippen LogP contribution in [0.1, 0.15) is 18.4 Å². The Balaban J connectivity index is 2.03. The Hall–Kier alpha value is -1.28. The SMILES string of the molecule is CNC1(Cc2cccc3c2ccn3C)CC1. The maximum atomic E-state index is 3.47. The van der Waals surface area contributed by atoms with Gasteiger partial charge in [0.15, 0.2) is 0 Å². The predicted octanol–water partition coefficient (Wildman–Crippen LogP) is 2.47. The molecule has 0 spiro atoms. The lowest BCUT2D eigenvalue weighted by molar-refractivity contribution is 0.550. The van der Waals surface area contributed by atoms with Crippen molar-refractivity contribution in [3.63, 3.8) is 0 Å². The average molecular weight is 214 g/mol. The third kappa shape index (κ3) is 1.45. The van der Waals surface area contributed by atoms with E-state index in [0.29, 0.717) is 5.54 Å². The van der Waals surface area contributed by atoms with Crippen LogP contribution < -0.4 is 5.32 Å². The van der Waals surface area contributed by atoms with Crippen molar-refractivity contribution in [3.05, 3.63) is 36.0 Å². The van der Waals surface area contributed by atoms with Crippen molar-refractivity contribution in [2.45, 2.75) is 24.8 Å². The summed E-state index contributed by atoms with van der Waals surface area (Å²) in [6, 6.07) is 8.86. The molecular formula is C14H18N2. The van der Waals surface area contributed by atoms with Gasteiger partial charge in [-0.1, -0.05) is 12.1 Å². The molecule has 1 fully saturated rings. The number of fused-ring (bicyclic) bond motifs is 1. The second-order valence-electron chi connectivity index (χ2n) is 4.98. The van der Waals surface area contributed by atoms with Gasteiger partial charge in [0.25, 0.3) is 0 Å². The molecule has 1 N–H and O–H groups in total. The van der Waals surface area contributed by atoms with Crippen LogP contribution in [0.5, 0.6) is 0 Å². The maximum absolute atomic E-state index is 3.47. The summed E-state index contributed by atoms with van der Waals surface area (Å²) in [5.74, 6) is 0. The number of aromatic nitrogens is 1. The fourth-order valence-corrected chi connectivity index (χ4v) is 2.55. The molecule has 2 nitrogen and oxygen atoms in total. The van der Waals surface area contributed by atoms with Crippen molar-refractivity contribution in [1.82, 2.24) is 9.88 Å². The topological polar surface area (TPSA) is 17.0 Å². The highest BCUT2D eigenvalue weighted by atomic mass is 15.0. The number of hydrogen-bond donors (Lipinski definition) is 1. The molecule has 3 rings (SSSR count). The molecule has 1 aromatic heterocycles. The van der Waals surface area contributed by atoms with E-state index in [4.69, 9.17) is 0 Å².